The van der Waals surface area contributed by atoms with Crippen LogP contribution in [0, 0.1) is 13.8 Å². The smallest absolute Gasteiger partial charge is 0.0979 e. The van der Waals surface area contributed by atoms with Crippen LogP contribution in [-0.2, 0) is 0 Å². The van der Waals surface area contributed by atoms with Crippen LogP contribution in [0.15, 0.2) is 36.5 Å². The number of fused-ring (bicyclic) bond motifs is 1. The van der Waals surface area contributed by atoms with Crippen molar-refractivity contribution in [2.45, 2.75) is 13.8 Å². The van der Waals surface area contributed by atoms with E-state index in [2.05, 4.69) is 10.1 Å². The standard InChI is InChI=1S/C14H14N4/c1-9-8-10(2)18(17-9)13-6-5-12(15)11-4-3-7-16-14(11)13/h3-8H,15H2,1-2H3. The highest BCUT2D eigenvalue weighted by atomic mass is 15.3. The van der Waals surface area contributed by atoms with Gasteiger partial charge in [-0.15, -0.1) is 0 Å². The van der Waals surface area contributed by atoms with Crippen molar-refractivity contribution in [3.8, 4) is 5.69 Å². The minimum Gasteiger partial charge on any atom is -0.398 e. The van der Waals surface area contributed by atoms with Crippen LogP contribution in [0.3, 0.4) is 0 Å². The van der Waals surface area contributed by atoms with E-state index in [-0.39, 0.29) is 0 Å². The maximum Gasteiger partial charge on any atom is 0.0979 e. The van der Waals surface area contributed by atoms with E-state index in [1.54, 1.807) is 6.20 Å². The monoisotopic (exact) mass is 238 g/mol. The lowest BCUT2D eigenvalue weighted by atomic mass is 10.1. The summed E-state index contributed by atoms with van der Waals surface area (Å²) in [6.45, 7) is 4.02. The van der Waals surface area contributed by atoms with Gasteiger partial charge in [-0.05, 0) is 44.2 Å². The third kappa shape index (κ3) is 1.54. The molecule has 2 heterocycles. The molecule has 2 N–H and O–H groups in total. The molecular formula is C14H14N4. The normalized spacial score (nSPS) is 11.0. The lowest BCUT2D eigenvalue weighted by molar-refractivity contribution is 0.838. The molecule has 0 saturated carbocycles. The molecule has 0 saturated heterocycles. The van der Waals surface area contributed by atoms with Crippen molar-refractivity contribution in [2.75, 3.05) is 5.73 Å². The van der Waals surface area contributed by atoms with Gasteiger partial charge >= 0.3 is 0 Å². The number of hydrogen-bond donors (Lipinski definition) is 1. The van der Waals surface area contributed by atoms with Gasteiger partial charge in [0.2, 0.25) is 0 Å². The molecule has 0 amide bonds. The largest absolute Gasteiger partial charge is 0.398 e. The molecule has 90 valence electrons. The van der Waals surface area contributed by atoms with Gasteiger partial charge in [0.1, 0.15) is 0 Å². The summed E-state index contributed by atoms with van der Waals surface area (Å²) in [5.74, 6) is 0. The number of nitrogen functional groups attached to an aromatic ring is 1. The van der Waals surface area contributed by atoms with Crippen LogP contribution in [-0.4, -0.2) is 14.8 Å². The van der Waals surface area contributed by atoms with Crippen molar-refractivity contribution in [1.82, 2.24) is 14.8 Å². The molecule has 3 rings (SSSR count). The van der Waals surface area contributed by atoms with Crippen LogP contribution < -0.4 is 5.73 Å². The maximum atomic E-state index is 5.98. The van der Waals surface area contributed by atoms with Crippen LogP contribution in [0.2, 0.25) is 0 Å². The zero-order valence-corrected chi connectivity index (χ0v) is 10.4. The van der Waals surface area contributed by atoms with Crippen molar-refractivity contribution < 1.29 is 0 Å². The minimum absolute atomic E-state index is 0.739. The molecule has 2 aromatic heterocycles. The van der Waals surface area contributed by atoms with Crippen LogP contribution in [0.5, 0.6) is 0 Å². The molecule has 18 heavy (non-hydrogen) atoms. The number of benzene rings is 1. The third-order valence-electron chi connectivity index (χ3n) is 3.02. The van der Waals surface area contributed by atoms with Gasteiger partial charge in [-0.25, -0.2) is 4.68 Å². The lowest BCUT2D eigenvalue weighted by Crippen LogP contribution is -2.02. The topological polar surface area (TPSA) is 56.7 Å². The van der Waals surface area contributed by atoms with E-state index in [0.717, 1.165) is 33.7 Å². The number of pyridine rings is 1. The van der Waals surface area contributed by atoms with Crippen molar-refractivity contribution in [2.24, 2.45) is 0 Å². The van der Waals surface area contributed by atoms with Crippen molar-refractivity contribution >= 4 is 16.6 Å². The first-order valence-electron chi connectivity index (χ1n) is 5.83. The second-order valence-electron chi connectivity index (χ2n) is 4.41. The van der Waals surface area contributed by atoms with Gasteiger partial charge in [0, 0.05) is 23.0 Å². The van der Waals surface area contributed by atoms with E-state index in [0.29, 0.717) is 0 Å². The fraction of sp³-hybridized carbons (Fsp3) is 0.143. The van der Waals surface area contributed by atoms with Gasteiger partial charge in [0.15, 0.2) is 0 Å². The molecule has 4 nitrogen and oxygen atoms in total. The molecule has 3 aromatic rings. The summed E-state index contributed by atoms with van der Waals surface area (Å²) >= 11 is 0. The Hall–Kier alpha value is -2.36. The number of nitrogens with two attached hydrogens (primary N) is 1. The number of nitrogens with zero attached hydrogens (tertiary/aromatic N) is 3. The van der Waals surface area contributed by atoms with E-state index >= 15 is 0 Å². The van der Waals surface area contributed by atoms with E-state index in [9.17, 15) is 0 Å². The number of anilines is 1. The highest BCUT2D eigenvalue weighted by Gasteiger charge is 2.10. The summed E-state index contributed by atoms with van der Waals surface area (Å²) in [4.78, 5) is 4.43. The summed E-state index contributed by atoms with van der Waals surface area (Å²) in [7, 11) is 0. The first kappa shape index (κ1) is 10.8. The Bertz CT molecular complexity index is 728. The molecule has 1 aromatic carbocycles. The van der Waals surface area contributed by atoms with Crippen LogP contribution in [0.1, 0.15) is 11.4 Å². The quantitative estimate of drug-likeness (QED) is 0.663. The van der Waals surface area contributed by atoms with E-state index < -0.39 is 0 Å². The van der Waals surface area contributed by atoms with E-state index in [1.807, 2.05) is 48.9 Å². The van der Waals surface area contributed by atoms with Gasteiger partial charge in [-0.3, -0.25) is 4.98 Å². The SMILES string of the molecule is Cc1cc(C)n(-c2ccc(N)c3cccnc23)n1. The molecule has 0 unspecified atom stereocenters. The fourth-order valence-electron chi connectivity index (χ4n) is 2.22. The van der Waals surface area contributed by atoms with Gasteiger partial charge in [-0.1, -0.05) is 0 Å². The van der Waals surface area contributed by atoms with Crippen LogP contribution >= 0.6 is 0 Å². The third-order valence-corrected chi connectivity index (χ3v) is 3.02. The zero-order valence-electron chi connectivity index (χ0n) is 10.4. The first-order chi connectivity index (χ1) is 8.66. The predicted molar refractivity (Wildman–Crippen MR) is 72.8 cm³/mol. The molecule has 0 atom stereocenters. The second-order valence-corrected chi connectivity index (χ2v) is 4.41. The Balaban J connectivity index is 2.37. The number of aryl methyl sites for hydroxylation is 2. The molecule has 0 radical (unpaired) electrons. The lowest BCUT2D eigenvalue weighted by Gasteiger charge is -2.09. The highest BCUT2D eigenvalue weighted by molar-refractivity contribution is 5.95. The predicted octanol–water partition coefficient (Wildman–Crippen LogP) is 2.62. The van der Waals surface area contributed by atoms with Gasteiger partial charge < -0.3 is 5.73 Å². The summed E-state index contributed by atoms with van der Waals surface area (Å²) in [5, 5.41) is 5.46. The molecule has 0 aliphatic heterocycles. The summed E-state index contributed by atoms with van der Waals surface area (Å²) in [6.07, 6.45) is 1.77. The van der Waals surface area contributed by atoms with Gasteiger partial charge in [0.05, 0.1) is 16.9 Å². The summed E-state index contributed by atoms with van der Waals surface area (Å²) < 4.78 is 1.91. The number of aromatic nitrogens is 3. The Morgan fingerprint density at radius 2 is 2.00 bits per heavy atom. The van der Waals surface area contributed by atoms with Crippen molar-refractivity contribution in [3.05, 3.63) is 47.9 Å². The Morgan fingerprint density at radius 3 is 2.72 bits per heavy atom. The minimum atomic E-state index is 0.739. The molecule has 0 aliphatic rings. The summed E-state index contributed by atoms with van der Waals surface area (Å²) in [6, 6.07) is 9.78. The fourth-order valence-corrected chi connectivity index (χ4v) is 2.22. The summed E-state index contributed by atoms with van der Waals surface area (Å²) in [5.41, 5.74) is 10.6. The second kappa shape index (κ2) is 3.84. The number of rotatable bonds is 1. The highest BCUT2D eigenvalue weighted by Crippen LogP contribution is 2.25. The average molecular weight is 238 g/mol. The molecule has 0 bridgehead atoms. The molecule has 4 heteroatoms. The average Bonchev–Trinajstić information content (AvgIpc) is 2.69. The maximum absolute atomic E-state index is 5.98. The van der Waals surface area contributed by atoms with Crippen molar-refractivity contribution in [3.63, 3.8) is 0 Å². The number of hydrogen-bond acceptors (Lipinski definition) is 3. The molecular weight excluding hydrogens is 224 g/mol. The molecule has 0 fully saturated rings. The molecule has 0 spiro atoms. The zero-order chi connectivity index (χ0) is 12.7. The Labute approximate surface area is 105 Å². The molecule has 0 aliphatic carbocycles. The van der Waals surface area contributed by atoms with E-state index in [4.69, 9.17) is 5.73 Å². The Kier molecular flexibility index (Phi) is 2.30. The van der Waals surface area contributed by atoms with Gasteiger partial charge in [-0.2, -0.15) is 5.10 Å². The first-order valence-corrected chi connectivity index (χ1v) is 5.83. The Morgan fingerprint density at radius 1 is 1.17 bits per heavy atom. The van der Waals surface area contributed by atoms with Crippen molar-refractivity contribution in [1.29, 1.82) is 0 Å². The van der Waals surface area contributed by atoms with Gasteiger partial charge in [0.25, 0.3) is 0 Å². The van der Waals surface area contributed by atoms with Crippen LogP contribution in [0.4, 0.5) is 5.69 Å². The van der Waals surface area contributed by atoms with E-state index in [1.165, 1.54) is 0 Å². The van der Waals surface area contributed by atoms with Crippen LogP contribution in [0.25, 0.3) is 16.6 Å².